The molecule has 2 rings (SSSR count). The lowest BCUT2D eigenvalue weighted by Gasteiger charge is -2.06. The number of benzene rings is 2. The summed E-state index contributed by atoms with van der Waals surface area (Å²) in [5, 5.41) is 11.5. The number of nitrogens with one attached hydrogen (secondary N) is 1. The van der Waals surface area contributed by atoms with Crippen LogP contribution in [0.2, 0.25) is 0 Å². The number of hydrogen-bond acceptors (Lipinski definition) is 2. The van der Waals surface area contributed by atoms with Crippen molar-refractivity contribution in [3.63, 3.8) is 0 Å². The molecular formula is C17H19NO2. The highest BCUT2D eigenvalue weighted by molar-refractivity contribution is 5.90. The summed E-state index contributed by atoms with van der Waals surface area (Å²) in [7, 11) is 0. The molecule has 0 aliphatic heterocycles. The third kappa shape index (κ3) is 4.21. The van der Waals surface area contributed by atoms with Gasteiger partial charge in [0, 0.05) is 18.7 Å². The molecule has 1 amide bonds. The van der Waals surface area contributed by atoms with Crippen molar-refractivity contribution in [3.05, 3.63) is 54.6 Å². The summed E-state index contributed by atoms with van der Waals surface area (Å²) in [5.41, 5.74) is 3.09. The van der Waals surface area contributed by atoms with Crippen LogP contribution in [0.25, 0.3) is 11.1 Å². The Labute approximate surface area is 119 Å². The van der Waals surface area contributed by atoms with Gasteiger partial charge in [0.05, 0.1) is 0 Å². The Balaban J connectivity index is 1.93. The van der Waals surface area contributed by atoms with E-state index in [1.807, 2.05) is 42.5 Å². The van der Waals surface area contributed by atoms with Gasteiger partial charge in [-0.3, -0.25) is 4.79 Å². The molecule has 0 bridgehead atoms. The normalized spacial score (nSPS) is 10.2. The number of carbonyl (C=O) groups is 1. The molecule has 3 nitrogen and oxygen atoms in total. The van der Waals surface area contributed by atoms with Crippen LogP contribution in [0.3, 0.4) is 0 Å². The van der Waals surface area contributed by atoms with Gasteiger partial charge in [0.25, 0.3) is 0 Å². The molecule has 104 valence electrons. The minimum Gasteiger partial charge on any atom is -0.396 e. The predicted molar refractivity (Wildman–Crippen MR) is 81.4 cm³/mol. The first-order valence-corrected chi connectivity index (χ1v) is 6.86. The minimum absolute atomic E-state index is 0.00842. The molecule has 2 aromatic carbocycles. The monoisotopic (exact) mass is 269 g/mol. The molecule has 3 heteroatoms. The van der Waals surface area contributed by atoms with Gasteiger partial charge in [-0.25, -0.2) is 0 Å². The topological polar surface area (TPSA) is 49.3 Å². The van der Waals surface area contributed by atoms with E-state index in [4.69, 9.17) is 5.11 Å². The summed E-state index contributed by atoms with van der Waals surface area (Å²) in [6.07, 6.45) is 1.83. The Morgan fingerprint density at radius 3 is 2.20 bits per heavy atom. The molecule has 0 aromatic heterocycles. The molecule has 0 fully saturated rings. The summed E-state index contributed by atoms with van der Waals surface area (Å²) in [6.45, 7) is 0.138. The van der Waals surface area contributed by atoms with Crippen LogP contribution in [0.4, 0.5) is 5.69 Å². The van der Waals surface area contributed by atoms with Gasteiger partial charge in [0.2, 0.25) is 5.91 Å². The average Bonchev–Trinajstić information content (AvgIpc) is 2.49. The van der Waals surface area contributed by atoms with Gasteiger partial charge in [0.15, 0.2) is 0 Å². The quantitative estimate of drug-likeness (QED) is 0.789. The van der Waals surface area contributed by atoms with E-state index in [0.29, 0.717) is 19.3 Å². The molecule has 20 heavy (non-hydrogen) atoms. The largest absolute Gasteiger partial charge is 0.396 e. The van der Waals surface area contributed by atoms with Crippen LogP contribution in [0.1, 0.15) is 19.3 Å². The molecule has 0 spiro atoms. The van der Waals surface area contributed by atoms with Gasteiger partial charge in [-0.1, -0.05) is 42.5 Å². The zero-order valence-corrected chi connectivity index (χ0v) is 11.4. The number of carbonyl (C=O) groups excluding carboxylic acids is 1. The van der Waals surface area contributed by atoms with Gasteiger partial charge in [-0.05, 0) is 36.1 Å². The van der Waals surface area contributed by atoms with E-state index in [-0.39, 0.29) is 12.5 Å². The Kier molecular flexibility index (Phi) is 5.33. The summed E-state index contributed by atoms with van der Waals surface area (Å²) in [5.74, 6) is -0.00842. The molecular weight excluding hydrogens is 250 g/mol. The van der Waals surface area contributed by atoms with E-state index in [1.165, 1.54) is 0 Å². The number of hydrogen-bond donors (Lipinski definition) is 2. The number of amides is 1. The van der Waals surface area contributed by atoms with Crippen molar-refractivity contribution in [2.45, 2.75) is 19.3 Å². The van der Waals surface area contributed by atoms with E-state index in [2.05, 4.69) is 17.4 Å². The molecule has 2 N–H and O–H groups in total. The molecule has 0 atom stereocenters. The van der Waals surface area contributed by atoms with Gasteiger partial charge >= 0.3 is 0 Å². The molecule has 0 radical (unpaired) electrons. The van der Waals surface area contributed by atoms with E-state index in [0.717, 1.165) is 16.8 Å². The second-order valence-corrected chi connectivity index (χ2v) is 4.67. The highest BCUT2D eigenvalue weighted by Gasteiger charge is 2.02. The van der Waals surface area contributed by atoms with Crippen LogP contribution >= 0.6 is 0 Å². The lowest BCUT2D eigenvalue weighted by Crippen LogP contribution is -2.11. The third-order valence-corrected chi connectivity index (χ3v) is 3.09. The lowest BCUT2D eigenvalue weighted by atomic mass is 10.1. The second kappa shape index (κ2) is 7.46. The zero-order chi connectivity index (χ0) is 14.2. The fraction of sp³-hybridized carbons (Fsp3) is 0.235. The fourth-order valence-electron chi connectivity index (χ4n) is 2.00. The van der Waals surface area contributed by atoms with Crippen molar-refractivity contribution in [2.24, 2.45) is 0 Å². The first kappa shape index (κ1) is 14.3. The van der Waals surface area contributed by atoms with Crippen molar-refractivity contribution in [1.29, 1.82) is 0 Å². The first-order chi connectivity index (χ1) is 9.79. The summed E-state index contributed by atoms with van der Waals surface area (Å²) < 4.78 is 0. The van der Waals surface area contributed by atoms with Crippen molar-refractivity contribution >= 4 is 11.6 Å². The standard InChI is InChI=1S/C17H19NO2/c19-13-5-4-8-17(20)18-16-11-9-15(10-12-16)14-6-2-1-3-7-14/h1-3,6-7,9-12,19H,4-5,8,13H2,(H,18,20). The molecule has 0 unspecified atom stereocenters. The Morgan fingerprint density at radius 2 is 1.55 bits per heavy atom. The van der Waals surface area contributed by atoms with Crippen LogP contribution in [-0.2, 0) is 4.79 Å². The Morgan fingerprint density at radius 1 is 0.900 bits per heavy atom. The summed E-state index contributed by atoms with van der Waals surface area (Å²) in [6, 6.07) is 17.9. The maximum atomic E-state index is 11.6. The van der Waals surface area contributed by atoms with E-state index in [1.54, 1.807) is 0 Å². The summed E-state index contributed by atoms with van der Waals surface area (Å²) >= 11 is 0. The van der Waals surface area contributed by atoms with Crippen LogP contribution < -0.4 is 5.32 Å². The third-order valence-electron chi connectivity index (χ3n) is 3.09. The number of anilines is 1. The molecule has 0 aliphatic carbocycles. The zero-order valence-electron chi connectivity index (χ0n) is 11.4. The van der Waals surface area contributed by atoms with E-state index in [9.17, 15) is 4.79 Å². The Hall–Kier alpha value is -2.13. The average molecular weight is 269 g/mol. The first-order valence-electron chi connectivity index (χ1n) is 6.86. The molecule has 0 aliphatic rings. The van der Waals surface area contributed by atoms with Crippen molar-refractivity contribution in [3.8, 4) is 11.1 Å². The van der Waals surface area contributed by atoms with Gasteiger partial charge in [-0.15, -0.1) is 0 Å². The molecule has 0 heterocycles. The van der Waals surface area contributed by atoms with E-state index >= 15 is 0 Å². The SMILES string of the molecule is O=C(CCCCO)Nc1ccc(-c2ccccc2)cc1. The van der Waals surface area contributed by atoms with Crippen LogP contribution in [-0.4, -0.2) is 17.6 Å². The minimum atomic E-state index is -0.00842. The van der Waals surface area contributed by atoms with Crippen molar-refractivity contribution < 1.29 is 9.90 Å². The lowest BCUT2D eigenvalue weighted by molar-refractivity contribution is -0.116. The maximum Gasteiger partial charge on any atom is 0.224 e. The number of rotatable bonds is 6. The van der Waals surface area contributed by atoms with Gasteiger partial charge in [0.1, 0.15) is 0 Å². The number of aliphatic hydroxyl groups excluding tert-OH is 1. The molecule has 0 saturated heterocycles. The van der Waals surface area contributed by atoms with Crippen LogP contribution in [0, 0.1) is 0 Å². The summed E-state index contributed by atoms with van der Waals surface area (Å²) in [4.78, 5) is 11.6. The van der Waals surface area contributed by atoms with Crippen molar-refractivity contribution in [2.75, 3.05) is 11.9 Å². The molecule has 0 saturated carbocycles. The smallest absolute Gasteiger partial charge is 0.224 e. The highest BCUT2D eigenvalue weighted by atomic mass is 16.2. The van der Waals surface area contributed by atoms with Crippen LogP contribution in [0.15, 0.2) is 54.6 Å². The van der Waals surface area contributed by atoms with Crippen LogP contribution in [0.5, 0.6) is 0 Å². The van der Waals surface area contributed by atoms with E-state index < -0.39 is 0 Å². The second-order valence-electron chi connectivity index (χ2n) is 4.67. The van der Waals surface area contributed by atoms with Gasteiger partial charge < -0.3 is 10.4 Å². The maximum absolute atomic E-state index is 11.6. The predicted octanol–water partition coefficient (Wildman–Crippen LogP) is 3.45. The van der Waals surface area contributed by atoms with Crippen molar-refractivity contribution in [1.82, 2.24) is 0 Å². The number of aliphatic hydroxyl groups is 1. The highest BCUT2D eigenvalue weighted by Crippen LogP contribution is 2.21. The molecule has 2 aromatic rings. The fourth-order valence-corrected chi connectivity index (χ4v) is 2.00. The Bertz CT molecular complexity index is 535. The number of unbranched alkanes of at least 4 members (excludes halogenated alkanes) is 1. The van der Waals surface area contributed by atoms with Gasteiger partial charge in [-0.2, -0.15) is 0 Å².